The van der Waals surface area contributed by atoms with Crippen LogP contribution >= 0.6 is 0 Å². The van der Waals surface area contributed by atoms with E-state index in [1.165, 1.54) is 17.0 Å². The van der Waals surface area contributed by atoms with Gasteiger partial charge in [0.05, 0.1) is 12.1 Å². The molecule has 0 amide bonds. The van der Waals surface area contributed by atoms with Gasteiger partial charge in [0.25, 0.3) is 0 Å². The monoisotopic (exact) mass is 271 g/mol. The first kappa shape index (κ1) is 15.2. The number of carbonyl (C=O) groups is 1. The summed E-state index contributed by atoms with van der Waals surface area (Å²) >= 11 is 0. The fraction of sp³-hybridized carbons (Fsp3) is 0.600. The lowest BCUT2D eigenvalue weighted by atomic mass is 10.0. The zero-order valence-electron chi connectivity index (χ0n) is 10.8. The molecule has 106 valence electrons. The van der Waals surface area contributed by atoms with E-state index in [0.29, 0.717) is 6.54 Å². The second kappa shape index (κ2) is 6.36. The average molecular weight is 271 g/mol. The SMILES string of the molecule is CC(C)(NOCCN)C(=O)Cn1ccnc1[N+](=O)[O-]. The molecule has 0 atom stereocenters. The van der Waals surface area contributed by atoms with Crippen molar-refractivity contribution in [1.29, 1.82) is 0 Å². The van der Waals surface area contributed by atoms with E-state index in [9.17, 15) is 14.9 Å². The van der Waals surface area contributed by atoms with Crippen molar-refractivity contribution in [3.63, 3.8) is 0 Å². The van der Waals surface area contributed by atoms with Gasteiger partial charge < -0.3 is 15.8 Å². The van der Waals surface area contributed by atoms with E-state index in [2.05, 4.69) is 10.5 Å². The van der Waals surface area contributed by atoms with Crippen molar-refractivity contribution in [2.24, 2.45) is 5.73 Å². The summed E-state index contributed by atoms with van der Waals surface area (Å²) in [6, 6.07) is 0. The van der Waals surface area contributed by atoms with Crippen LogP contribution in [-0.2, 0) is 16.2 Å². The van der Waals surface area contributed by atoms with Crippen LogP contribution in [0.4, 0.5) is 5.95 Å². The lowest BCUT2D eigenvalue weighted by Crippen LogP contribution is -2.48. The molecule has 0 aliphatic rings. The van der Waals surface area contributed by atoms with Crippen LogP contribution in [0.15, 0.2) is 12.4 Å². The highest BCUT2D eigenvalue weighted by atomic mass is 16.6. The molecule has 0 aromatic carbocycles. The summed E-state index contributed by atoms with van der Waals surface area (Å²) in [7, 11) is 0. The van der Waals surface area contributed by atoms with Gasteiger partial charge >= 0.3 is 5.95 Å². The highest BCUT2D eigenvalue weighted by Gasteiger charge is 2.30. The van der Waals surface area contributed by atoms with Gasteiger partial charge in [-0.1, -0.05) is 4.98 Å². The number of nitrogens with zero attached hydrogens (tertiary/aromatic N) is 3. The van der Waals surface area contributed by atoms with E-state index in [1.54, 1.807) is 13.8 Å². The minimum absolute atomic E-state index is 0.164. The molecule has 0 saturated heterocycles. The number of hydroxylamine groups is 1. The van der Waals surface area contributed by atoms with E-state index in [4.69, 9.17) is 10.6 Å². The van der Waals surface area contributed by atoms with Crippen LogP contribution in [-0.4, -0.2) is 38.9 Å². The van der Waals surface area contributed by atoms with Gasteiger partial charge in [0, 0.05) is 6.54 Å². The number of aromatic nitrogens is 2. The van der Waals surface area contributed by atoms with E-state index >= 15 is 0 Å². The molecule has 0 bridgehead atoms. The maximum atomic E-state index is 12.1. The molecular formula is C10H17N5O4. The maximum Gasteiger partial charge on any atom is 0.434 e. The molecule has 0 radical (unpaired) electrons. The van der Waals surface area contributed by atoms with Gasteiger partial charge in [-0.05, 0) is 18.8 Å². The molecule has 1 aromatic rings. The number of hydrogen-bond donors (Lipinski definition) is 2. The van der Waals surface area contributed by atoms with Crippen molar-refractivity contribution in [3.05, 3.63) is 22.5 Å². The van der Waals surface area contributed by atoms with Crippen LogP contribution in [0.25, 0.3) is 0 Å². The number of Topliss-reactive ketones (excluding diaryl/α,β-unsaturated/α-hetero) is 1. The van der Waals surface area contributed by atoms with Crippen molar-refractivity contribution in [2.75, 3.05) is 13.2 Å². The third-order valence-corrected chi connectivity index (χ3v) is 2.42. The minimum Gasteiger partial charge on any atom is -0.390 e. The van der Waals surface area contributed by atoms with Crippen molar-refractivity contribution in [1.82, 2.24) is 15.0 Å². The van der Waals surface area contributed by atoms with Gasteiger partial charge in [-0.25, -0.2) is 4.57 Å². The molecule has 19 heavy (non-hydrogen) atoms. The molecule has 1 rings (SSSR count). The highest BCUT2D eigenvalue weighted by molar-refractivity contribution is 5.87. The molecule has 0 aliphatic carbocycles. The summed E-state index contributed by atoms with van der Waals surface area (Å²) in [6.07, 6.45) is 2.66. The molecule has 1 heterocycles. The Kier molecular flexibility index (Phi) is 5.10. The quantitative estimate of drug-likeness (QED) is 0.375. The number of ketones is 1. The van der Waals surface area contributed by atoms with E-state index < -0.39 is 10.5 Å². The van der Waals surface area contributed by atoms with Gasteiger partial charge in [0.15, 0.2) is 5.78 Å². The predicted molar refractivity (Wildman–Crippen MR) is 66.1 cm³/mol. The summed E-state index contributed by atoms with van der Waals surface area (Å²) in [4.78, 5) is 30.7. The molecule has 0 spiro atoms. The van der Waals surface area contributed by atoms with Crippen LogP contribution < -0.4 is 11.2 Å². The summed E-state index contributed by atoms with van der Waals surface area (Å²) in [5.74, 6) is -0.641. The molecular weight excluding hydrogens is 254 g/mol. The van der Waals surface area contributed by atoms with Gasteiger partial charge in [0.2, 0.25) is 0 Å². The summed E-state index contributed by atoms with van der Waals surface area (Å²) in [5, 5.41) is 10.7. The Bertz CT molecular complexity index is 457. The summed E-state index contributed by atoms with van der Waals surface area (Å²) < 4.78 is 1.18. The Morgan fingerprint density at radius 1 is 1.68 bits per heavy atom. The Balaban J connectivity index is 2.67. The topological polar surface area (TPSA) is 125 Å². The second-order valence-electron chi connectivity index (χ2n) is 4.40. The smallest absolute Gasteiger partial charge is 0.390 e. The maximum absolute atomic E-state index is 12.1. The number of hydrogen-bond acceptors (Lipinski definition) is 7. The first-order valence-corrected chi connectivity index (χ1v) is 5.66. The fourth-order valence-electron chi connectivity index (χ4n) is 1.30. The molecule has 3 N–H and O–H groups in total. The van der Waals surface area contributed by atoms with Crippen LogP contribution in [0.3, 0.4) is 0 Å². The molecule has 0 aliphatic heterocycles. The van der Waals surface area contributed by atoms with Crippen LogP contribution in [0.2, 0.25) is 0 Å². The number of imidazole rings is 1. The summed E-state index contributed by atoms with van der Waals surface area (Å²) in [5.41, 5.74) is 6.87. The van der Waals surface area contributed by atoms with E-state index in [-0.39, 0.29) is 24.9 Å². The standard InChI is InChI=1S/C10H17N5O4/c1-10(2,13-19-6-3-11)8(16)7-14-5-4-12-9(14)15(17)18/h4-5,13H,3,6-7,11H2,1-2H3. The Labute approximate surface area is 109 Å². The van der Waals surface area contributed by atoms with Crippen molar-refractivity contribution in [2.45, 2.75) is 25.9 Å². The van der Waals surface area contributed by atoms with Gasteiger partial charge in [-0.3, -0.25) is 9.63 Å². The van der Waals surface area contributed by atoms with Crippen LogP contribution in [0, 0.1) is 10.1 Å². The zero-order valence-corrected chi connectivity index (χ0v) is 10.8. The summed E-state index contributed by atoms with van der Waals surface area (Å²) in [6.45, 7) is 3.66. The second-order valence-corrected chi connectivity index (χ2v) is 4.40. The lowest BCUT2D eigenvalue weighted by Gasteiger charge is -2.23. The molecule has 9 nitrogen and oxygen atoms in total. The molecule has 0 fully saturated rings. The normalized spacial score (nSPS) is 11.5. The number of rotatable bonds is 8. The average Bonchev–Trinajstić information content (AvgIpc) is 2.77. The van der Waals surface area contributed by atoms with Crippen LogP contribution in [0.5, 0.6) is 0 Å². The molecule has 1 aromatic heterocycles. The van der Waals surface area contributed by atoms with Crippen molar-refractivity contribution >= 4 is 11.7 Å². The van der Waals surface area contributed by atoms with Crippen LogP contribution in [0.1, 0.15) is 13.8 Å². The third-order valence-electron chi connectivity index (χ3n) is 2.42. The van der Waals surface area contributed by atoms with E-state index in [1.807, 2.05) is 0 Å². The highest BCUT2D eigenvalue weighted by Crippen LogP contribution is 2.11. The number of nitrogens with one attached hydrogen (secondary N) is 1. The van der Waals surface area contributed by atoms with Gasteiger partial charge in [-0.2, -0.15) is 5.48 Å². The largest absolute Gasteiger partial charge is 0.434 e. The van der Waals surface area contributed by atoms with E-state index in [0.717, 1.165) is 0 Å². The Morgan fingerprint density at radius 3 is 2.95 bits per heavy atom. The number of carbonyl (C=O) groups excluding carboxylic acids is 1. The molecule has 9 heteroatoms. The fourth-order valence-corrected chi connectivity index (χ4v) is 1.30. The number of nitrogens with two attached hydrogens (primary N) is 1. The van der Waals surface area contributed by atoms with Gasteiger partial charge in [-0.15, -0.1) is 0 Å². The Hall–Kier alpha value is -1.84. The van der Waals surface area contributed by atoms with Crippen molar-refractivity contribution < 1.29 is 14.6 Å². The first-order chi connectivity index (χ1) is 8.88. The minimum atomic E-state index is -0.979. The van der Waals surface area contributed by atoms with Crippen molar-refractivity contribution in [3.8, 4) is 0 Å². The first-order valence-electron chi connectivity index (χ1n) is 5.66. The lowest BCUT2D eigenvalue weighted by molar-refractivity contribution is -0.396. The molecule has 0 unspecified atom stereocenters. The Morgan fingerprint density at radius 2 is 2.37 bits per heavy atom. The molecule has 0 saturated carbocycles. The predicted octanol–water partition coefficient (Wildman–Crippen LogP) is -0.381. The zero-order chi connectivity index (χ0) is 14.5. The van der Waals surface area contributed by atoms with Gasteiger partial charge in [0.1, 0.15) is 18.9 Å². The number of nitro groups is 1. The third kappa shape index (κ3) is 4.09.